The molecule has 96 valence electrons. The van der Waals surface area contributed by atoms with E-state index in [0.29, 0.717) is 12.5 Å². The summed E-state index contributed by atoms with van der Waals surface area (Å²) in [6.07, 6.45) is 1.18. The average molecular weight is 235 g/mol. The van der Waals surface area contributed by atoms with Crippen LogP contribution in [0.15, 0.2) is 24.3 Å². The van der Waals surface area contributed by atoms with Gasteiger partial charge in [0, 0.05) is 6.54 Å². The van der Waals surface area contributed by atoms with E-state index in [9.17, 15) is 0 Å². The molecule has 0 aliphatic rings. The maximum absolute atomic E-state index is 5.60. The summed E-state index contributed by atoms with van der Waals surface area (Å²) in [5, 5.41) is 3.32. The van der Waals surface area contributed by atoms with Crippen molar-refractivity contribution in [3.63, 3.8) is 0 Å². The van der Waals surface area contributed by atoms with Crippen molar-refractivity contribution < 1.29 is 4.74 Å². The van der Waals surface area contributed by atoms with Gasteiger partial charge in [-0.2, -0.15) is 0 Å². The van der Waals surface area contributed by atoms with Crippen molar-refractivity contribution >= 4 is 0 Å². The molecule has 1 aromatic carbocycles. The highest BCUT2D eigenvalue weighted by Gasteiger charge is 1.98. The standard InChI is InChI=1S/C15H25NO/c1-4-9-16-10-11-17-12-14-5-7-15(8-6-14)13(2)3/h5-8,13,16H,4,9-12H2,1-3H3. The van der Waals surface area contributed by atoms with Gasteiger partial charge in [0.1, 0.15) is 0 Å². The Labute approximate surface area is 105 Å². The van der Waals surface area contributed by atoms with Crippen LogP contribution in [0.4, 0.5) is 0 Å². The van der Waals surface area contributed by atoms with Gasteiger partial charge < -0.3 is 10.1 Å². The fourth-order valence-corrected chi connectivity index (χ4v) is 1.63. The van der Waals surface area contributed by atoms with Crippen LogP contribution in [0.2, 0.25) is 0 Å². The molecule has 2 nitrogen and oxygen atoms in total. The Morgan fingerprint density at radius 3 is 2.41 bits per heavy atom. The zero-order chi connectivity index (χ0) is 12.5. The van der Waals surface area contributed by atoms with Crippen LogP contribution < -0.4 is 5.32 Å². The van der Waals surface area contributed by atoms with E-state index < -0.39 is 0 Å². The monoisotopic (exact) mass is 235 g/mol. The summed E-state index contributed by atoms with van der Waals surface area (Å²) < 4.78 is 5.60. The van der Waals surface area contributed by atoms with E-state index in [1.54, 1.807) is 0 Å². The van der Waals surface area contributed by atoms with Crippen molar-refractivity contribution in [2.24, 2.45) is 0 Å². The van der Waals surface area contributed by atoms with Crippen LogP contribution in [0.5, 0.6) is 0 Å². The van der Waals surface area contributed by atoms with Crippen LogP contribution in [0.1, 0.15) is 44.2 Å². The van der Waals surface area contributed by atoms with Crippen molar-refractivity contribution in [3.05, 3.63) is 35.4 Å². The van der Waals surface area contributed by atoms with E-state index in [-0.39, 0.29) is 0 Å². The molecule has 2 heteroatoms. The number of nitrogens with one attached hydrogen (secondary N) is 1. The number of hydrogen-bond donors (Lipinski definition) is 1. The van der Waals surface area contributed by atoms with Gasteiger partial charge in [-0.05, 0) is 30.0 Å². The van der Waals surface area contributed by atoms with E-state index in [1.807, 2.05) is 0 Å². The first-order valence-corrected chi connectivity index (χ1v) is 6.61. The van der Waals surface area contributed by atoms with Gasteiger partial charge in [-0.3, -0.25) is 0 Å². The molecule has 1 N–H and O–H groups in total. The molecule has 0 aliphatic carbocycles. The zero-order valence-corrected chi connectivity index (χ0v) is 11.3. The highest BCUT2D eigenvalue weighted by atomic mass is 16.5. The fourth-order valence-electron chi connectivity index (χ4n) is 1.63. The summed E-state index contributed by atoms with van der Waals surface area (Å²) >= 11 is 0. The van der Waals surface area contributed by atoms with Gasteiger partial charge in [0.05, 0.1) is 13.2 Å². The fraction of sp³-hybridized carbons (Fsp3) is 0.600. The highest BCUT2D eigenvalue weighted by Crippen LogP contribution is 2.14. The largest absolute Gasteiger partial charge is 0.375 e. The van der Waals surface area contributed by atoms with Crippen molar-refractivity contribution in [1.29, 1.82) is 0 Å². The number of ether oxygens (including phenoxy) is 1. The second-order valence-corrected chi connectivity index (χ2v) is 4.70. The maximum Gasteiger partial charge on any atom is 0.0717 e. The van der Waals surface area contributed by atoms with Crippen molar-refractivity contribution in [2.75, 3.05) is 19.7 Å². The van der Waals surface area contributed by atoms with Crippen LogP contribution in [-0.2, 0) is 11.3 Å². The van der Waals surface area contributed by atoms with Gasteiger partial charge in [-0.15, -0.1) is 0 Å². The molecule has 0 aromatic heterocycles. The third kappa shape index (κ3) is 5.85. The zero-order valence-electron chi connectivity index (χ0n) is 11.3. The van der Waals surface area contributed by atoms with E-state index in [4.69, 9.17) is 4.74 Å². The molecule has 0 bridgehead atoms. The minimum Gasteiger partial charge on any atom is -0.375 e. The lowest BCUT2D eigenvalue weighted by atomic mass is 10.0. The smallest absolute Gasteiger partial charge is 0.0717 e. The van der Waals surface area contributed by atoms with Crippen LogP contribution >= 0.6 is 0 Å². The molecule has 17 heavy (non-hydrogen) atoms. The quantitative estimate of drug-likeness (QED) is 0.698. The molecular weight excluding hydrogens is 210 g/mol. The Balaban J connectivity index is 2.19. The third-order valence-electron chi connectivity index (χ3n) is 2.77. The summed E-state index contributed by atoms with van der Waals surface area (Å²) in [6.45, 7) is 10.1. The topological polar surface area (TPSA) is 21.3 Å². The lowest BCUT2D eigenvalue weighted by Gasteiger charge is -2.08. The lowest BCUT2D eigenvalue weighted by molar-refractivity contribution is 0.123. The average Bonchev–Trinajstić information content (AvgIpc) is 2.34. The Morgan fingerprint density at radius 1 is 1.12 bits per heavy atom. The lowest BCUT2D eigenvalue weighted by Crippen LogP contribution is -2.20. The van der Waals surface area contributed by atoms with Crippen molar-refractivity contribution in [2.45, 2.75) is 39.7 Å². The molecular formula is C15H25NO. The molecule has 0 spiro atoms. The molecule has 0 heterocycles. The predicted octanol–water partition coefficient (Wildman–Crippen LogP) is 3.33. The number of rotatable bonds is 8. The maximum atomic E-state index is 5.60. The molecule has 0 unspecified atom stereocenters. The van der Waals surface area contributed by atoms with Crippen LogP contribution in [-0.4, -0.2) is 19.7 Å². The molecule has 0 saturated heterocycles. The van der Waals surface area contributed by atoms with Crippen LogP contribution in [0, 0.1) is 0 Å². The van der Waals surface area contributed by atoms with Crippen molar-refractivity contribution in [1.82, 2.24) is 5.32 Å². The first kappa shape index (κ1) is 14.2. The number of hydrogen-bond acceptors (Lipinski definition) is 2. The Bertz CT molecular complexity index is 292. The molecule has 1 aromatic rings. The summed E-state index contributed by atoms with van der Waals surface area (Å²) in [4.78, 5) is 0. The molecule has 0 aliphatic heterocycles. The molecule has 0 amide bonds. The van der Waals surface area contributed by atoms with Gasteiger partial charge in [-0.25, -0.2) is 0 Å². The predicted molar refractivity (Wildman–Crippen MR) is 73.3 cm³/mol. The Morgan fingerprint density at radius 2 is 1.82 bits per heavy atom. The van der Waals surface area contributed by atoms with E-state index in [1.165, 1.54) is 17.5 Å². The summed E-state index contributed by atoms with van der Waals surface area (Å²) in [7, 11) is 0. The normalized spacial score (nSPS) is 11.1. The minimum atomic E-state index is 0.600. The molecule has 0 atom stereocenters. The Kier molecular flexibility index (Phi) is 6.90. The third-order valence-corrected chi connectivity index (χ3v) is 2.77. The summed E-state index contributed by atoms with van der Waals surface area (Å²) in [5.41, 5.74) is 2.64. The first-order valence-electron chi connectivity index (χ1n) is 6.61. The van der Waals surface area contributed by atoms with Crippen molar-refractivity contribution in [3.8, 4) is 0 Å². The van der Waals surface area contributed by atoms with E-state index in [0.717, 1.165) is 19.7 Å². The van der Waals surface area contributed by atoms with Crippen LogP contribution in [0.3, 0.4) is 0 Å². The summed E-state index contributed by atoms with van der Waals surface area (Å²) in [6, 6.07) is 8.71. The SMILES string of the molecule is CCCNCCOCc1ccc(C(C)C)cc1. The van der Waals surface area contributed by atoms with Gasteiger partial charge in [0.2, 0.25) is 0 Å². The Hall–Kier alpha value is -0.860. The van der Waals surface area contributed by atoms with Gasteiger partial charge in [-0.1, -0.05) is 45.0 Å². The molecule has 0 radical (unpaired) electrons. The van der Waals surface area contributed by atoms with Gasteiger partial charge >= 0.3 is 0 Å². The second kappa shape index (κ2) is 8.26. The second-order valence-electron chi connectivity index (χ2n) is 4.70. The van der Waals surface area contributed by atoms with Crippen LogP contribution in [0.25, 0.3) is 0 Å². The van der Waals surface area contributed by atoms with Gasteiger partial charge in [0.15, 0.2) is 0 Å². The number of benzene rings is 1. The van der Waals surface area contributed by atoms with E-state index >= 15 is 0 Å². The minimum absolute atomic E-state index is 0.600. The first-order chi connectivity index (χ1) is 8.24. The highest BCUT2D eigenvalue weighted by molar-refractivity contribution is 5.24. The molecule has 0 fully saturated rings. The molecule has 1 rings (SSSR count). The summed E-state index contributed by atoms with van der Waals surface area (Å²) in [5.74, 6) is 0.600. The van der Waals surface area contributed by atoms with E-state index in [2.05, 4.69) is 50.4 Å². The molecule has 0 saturated carbocycles. The van der Waals surface area contributed by atoms with Gasteiger partial charge in [0.25, 0.3) is 0 Å².